The van der Waals surface area contributed by atoms with Gasteiger partial charge in [-0.15, -0.1) is 0 Å². The fraction of sp³-hybridized carbons (Fsp3) is 0.250. The zero-order valence-corrected chi connectivity index (χ0v) is 8.15. The topological polar surface area (TPSA) is 46.2 Å². The van der Waals surface area contributed by atoms with Gasteiger partial charge in [-0.25, -0.2) is 0 Å². The first kappa shape index (κ1) is 8.96. The summed E-state index contributed by atoms with van der Waals surface area (Å²) < 4.78 is 1.16. The molecule has 0 spiro atoms. The Bertz CT molecular complexity index is 222. The monoisotopic (exact) mass is 263 g/mol. The predicted octanol–water partition coefficient (Wildman–Crippen LogP) is 1.28. The highest BCUT2D eigenvalue weighted by Gasteiger charge is 2.02. The van der Waals surface area contributed by atoms with Gasteiger partial charge in [-0.1, -0.05) is 12.1 Å². The summed E-state index contributed by atoms with van der Waals surface area (Å²) in [5.74, 6) is 0. The molecule has 0 amide bonds. The number of nitrogens with two attached hydrogens (primary N) is 1. The average Bonchev–Trinajstić information content (AvgIpc) is 2.05. The van der Waals surface area contributed by atoms with Crippen molar-refractivity contribution in [1.29, 1.82) is 0 Å². The summed E-state index contributed by atoms with van der Waals surface area (Å²) >= 11 is 2.22. The van der Waals surface area contributed by atoms with Crippen LogP contribution in [0.25, 0.3) is 0 Å². The Hall–Kier alpha value is -0.130. The predicted molar refractivity (Wildman–Crippen MR) is 53.2 cm³/mol. The maximum Gasteiger partial charge on any atom is 0.0912 e. The molecule has 11 heavy (non-hydrogen) atoms. The molecule has 1 unspecified atom stereocenters. The zero-order valence-electron chi connectivity index (χ0n) is 6.00. The molecule has 0 aliphatic rings. The van der Waals surface area contributed by atoms with Crippen LogP contribution in [0.5, 0.6) is 0 Å². The summed E-state index contributed by atoms with van der Waals surface area (Å²) in [6.45, 7) is 0.278. The van der Waals surface area contributed by atoms with E-state index in [2.05, 4.69) is 22.6 Å². The van der Waals surface area contributed by atoms with Crippen molar-refractivity contribution in [2.45, 2.75) is 6.10 Å². The summed E-state index contributed by atoms with van der Waals surface area (Å²) in [7, 11) is 0. The van der Waals surface area contributed by atoms with Crippen LogP contribution in [-0.4, -0.2) is 11.7 Å². The van der Waals surface area contributed by atoms with E-state index >= 15 is 0 Å². The van der Waals surface area contributed by atoms with E-state index in [1.807, 2.05) is 24.3 Å². The minimum atomic E-state index is -0.521. The van der Waals surface area contributed by atoms with Gasteiger partial charge in [0.05, 0.1) is 6.10 Å². The van der Waals surface area contributed by atoms with Crippen molar-refractivity contribution in [2.24, 2.45) is 5.73 Å². The first-order valence-electron chi connectivity index (χ1n) is 3.37. The fourth-order valence-corrected chi connectivity index (χ4v) is 1.18. The maximum absolute atomic E-state index is 9.29. The minimum absolute atomic E-state index is 0.278. The van der Waals surface area contributed by atoms with E-state index in [1.54, 1.807) is 0 Å². The largest absolute Gasteiger partial charge is 0.387 e. The molecular weight excluding hydrogens is 253 g/mol. The van der Waals surface area contributed by atoms with Crippen molar-refractivity contribution in [1.82, 2.24) is 0 Å². The molecule has 0 bridgehead atoms. The summed E-state index contributed by atoms with van der Waals surface area (Å²) in [6.07, 6.45) is -0.521. The van der Waals surface area contributed by atoms with Crippen molar-refractivity contribution in [3.8, 4) is 0 Å². The van der Waals surface area contributed by atoms with E-state index in [4.69, 9.17) is 5.73 Å². The highest BCUT2D eigenvalue weighted by molar-refractivity contribution is 14.1. The molecule has 1 rings (SSSR count). The first-order chi connectivity index (χ1) is 5.24. The normalized spacial score (nSPS) is 13.0. The first-order valence-corrected chi connectivity index (χ1v) is 4.45. The van der Waals surface area contributed by atoms with Crippen LogP contribution in [0.15, 0.2) is 24.3 Å². The van der Waals surface area contributed by atoms with E-state index in [1.165, 1.54) is 0 Å². The van der Waals surface area contributed by atoms with Gasteiger partial charge < -0.3 is 10.8 Å². The van der Waals surface area contributed by atoms with Crippen LogP contribution >= 0.6 is 22.6 Å². The number of aliphatic hydroxyl groups is 1. The molecule has 0 saturated heterocycles. The molecule has 0 fully saturated rings. The van der Waals surface area contributed by atoms with Gasteiger partial charge >= 0.3 is 0 Å². The fourth-order valence-electron chi connectivity index (χ4n) is 0.821. The number of benzene rings is 1. The Morgan fingerprint density at radius 2 is 1.91 bits per heavy atom. The summed E-state index contributed by atoms with van der Waals surface area (Å²) in [6, 6.07) is 7.68. The Morgan fingerprint density at radius 3 is 2.36 bits per heavy atom. The highest BCUT2D eigenvalue weighted by atomic mass is 127. The van der Waals surface area contributed by atoms with Crippen molar-refractivity contribution < 1.29 is 5.11 Å². The van der Waals surface area contributed by atoms with E-state index in [0.717, 1.165) is 9.13 Å². The molecule has 0 radical (unpaired) electrons. The highest BCUT2D eigenvalue weighted by Crippen LogP contribution is 2.13. The number of aliphatic hydroxyl groups excluding tert-OH is 1. The van der Waals surface area contributed by atoms with Crippen molar-refractivity contribution >= 4 is 22.6 Å². The molecule has 60 valence electrons. The second kappa shape index (κ2) is 4.04. The smallest absolute Gasteiger partial charge is 0.0912 e. The molecule has 1 aromatic carbocycles. The summed E-state index contributed by atoms with van der Waals surface area (Å²) in [5, 5.41) is 9.29. The third-order valence-electron chi connectivity index (χ3n) is 1.48. The molecule has 0 heterocycles. The molecule has 0 aliphatic carbocycles. The molecular formula is C8H10INO. The molecule has 3 N–H and O–H groups in total. The Morgan fingerprint density at radius 1 is 1.36 bits per heavy atom. The van der Waals surface area contributed by atoms with Gasteiger partial charge in [0.2, 0.25) is 0 Å². The Balaban J connectivity index is 2.81. The third-order valence-corrected chi connectivity index (χ3v) is 2.20. The maximum atomic E-state index is 9.29. The van der Waals surface area contributed by atoms with Crippen molar-refractivity contribution in [2.75, 3.05) is 6.54 Å². The standard InChI is InChI=1S/C8H10INO/c9-7-3-1-6(2-4-7)8(11)5-10/h1-4,8,11H,5,10H2. The number of hydrogen-bond donors (Lipinski definition) is 2. The molecule has 1 aromatic rings. The number of halogens is 1. The van der Waals surface area contributed by atoms with Crippen molar-refractivity contribution in [3.05, 3.63) is 33.4 Å². The summed E-state index contributed by atoms with van der Waals surface area (Å²) in [4.78, 5) is 0. The SMILES string of the molecule is NCC(O)c1ccc(I)cc1. The Kier molecular flexibility index (Phi) is 3.29. The lowest BCUT2D eigenvalue weighted by molar-refractivity contribution is 0.186. The zero-order chi connectivity index (χ0) is 8.27. The average molecular weight is 263 g/mol. The van der Waals surface area contributed by atoms with E-state index in [9.17, 15) is 5.11 Å². The van der Waals surface area contributed by atoms with Gasteiger partial charge in [-0.05, 0) is 40.3 Å². The lowest BCUT2D eigenvalue weighted by Gasteiger charge is -2.06. The van der Waals surface area contributed by atoms with Crippen LogP contribution in [0, 0.1) is 3.57 Å². The molecule has 1 atom stereocenters. The van der Waals surface area contributed by atoms with Crippen molar-refractivity contribution in [3.63, 3.8) is 0 Å². The quantitative estimate of drug-likeness (QED) is 0.789. The van der Waals surface area contributed by atoms with Gasteiger partial charge in [0.15, 0.2) is 0 Å². The molecule has 3 heteroatoms. The van der Waals surface area contributed by atoms with E-state index < -0.39 is 6.10 Å². The van der Waals surface area contributed by atoms with Gasteiger partial charge in [0.25, 0.3) is 0 Å². The van der Waals surface area contributed by atoms with Gasteiger partial charge in [-0.2, -0.15) is 0 Å². The van der Waals surface area contributed by atoms with Crippen LogP contribution in [0.2, 0.25) is 0 Å². The van der Waals surface area contributed by atoms with Crippen LogP contribution in [0.1, 0.15) is 11.7 Å². The van der Waals surface area contributed by atoms with Gasteiger partial charge in [-0.3, -0.25) is 0 Å². The van der Waals surface area contributed by atoms with E-state index in [0.29, 0.717) is 0 Å². The minimum Gasteiger partial charge on any atom is -0.387 e. The van der Waals surface area contributed by atoms with Gasteiger partial charge in [0, 0.05) is 10.1 Å². The Labute approximate surface area is 79.6 Å². The van der Waals surface area contributed by atoms with Crippen LogP contribution in [-0.2, 0) is 0 Å². The number of hydrogen-bond acceptors (Lipinski definition) is 2. The molecule has 0 aromatic heterocycles. The van der Waals surface area contributed by atoms with Gasteiger partial charge in [0.1, 0.15) is 0 Å². The van der Waals surface area contributed by atoms with Crippen LogP contribution in [0.3, 0.4) is 0 Å². The molecule has 0 saturated carbocycles. The second-order valence-electron chi connectivity index (χ2n) is 2.30. The van der Waals surface area contributed by atoms with E-state index in [-0.39, 0.29) is 6.54 Å². The third kappa shape index (κ3) is 2.43. The van der Waals surface area contributed by atoms with Crippen LogP contribution in [0.4, 0.5) is 0 Å². The summed E-state index contributed by atoms with van der Waals surface area (Å²) in [5.41, 5.74) is 6.17. The lowest BCUT2D eigenvalue weighted by Crippen LogP contribution is -2.11. The molecule has 0 aliphatic heterocycles. The molecule has 2 nitrogen and oxygen atoms in total. The second-order valence-corrected chi connectivity index (χ2v) is 3.55. The number of rotatable bonds is 2. The van der Waals surface area contributed by atoms with Crippen LogP contribution < -0.4 is 5.73 Å². The lowest BCUT2D eigenvalue weighted by atomic mass is 10.1.